The molecule has 6 heteroatoms. The highest BCUT2D eigenvalue weighted by atomic mass is 35.5. The molecule has 0 radical (unpaired) electrons. The summed E-state index contributed by atoms with van der Waals surface area (Å²) in [6.07, 6.45) is 3.65. The van der Waals surface area contributed by atoms with Crippen molar-refractivity contribution in [3.8, 4) is 0 Å². The molecule has 24 heavy (non-hydrogen) atoms. The van der Waals surface area contributed by atoms with E-state index in [1.54, 1.807) is 48.4 Å². The van der Waals surface area contributed by atoms with Crippen LogP contribution < -0.4 is 5.32 Å². The van der Waals surface area contributed by atoms with Crippen LogP contribution >= 0.6 is 11.6 Å². The summed E-state index contributed by atoms with van der Waals surface area (Å²) in [6.45, 7) is 3.26. The van der Waals surface area contributed by atoms with Crippen LogP contribution in [0.4, 0.5) is 5.69 Å². The summed E-state index contributed by atoms with van der Waals surface area (Å²) in [5.74, 6) is -0.388. The van der Waals surface area contributed by atoms with Gasteiger partial charge in [0.2, 0.25) is 0 Å². The van der Waals surface area contributed by atoms with Gasteiger partial charge in [-0.05, 0) is 50.1 Å². The van der Waals surface area contributed by atoms with E-state index in [4.69, 9.17) is 11.6 Å². The first kappa shape index (κ1) is 16.5. The number of benzene rings is 1. The van der Waals surface area contributed by atoms with Crippen molar-refractivity contribution in [1.29, 1.82) is 0 Å². The number of nitrogens with zero attached hydrogens (tertiary/aromatic N) is 2. The van der Waals surface area contributed by atoms with E-state index in [9.17, 15) is 9.59 Å². The highest BCUT2D eigenvalue weighted by molar-refractivity contribution is 6.31. The number of hydrogen-bond donors (Lipinski definition) is 1. The summed E-state index contributed by atoms with van der Waals surface area (Å²) in [5, 5.41) is 3.27. The number of aryl methyl sites for hydroxylation is 1. The number of carbonyl (C=O) groups is 2. The minimum atomic E-state index is -0.307. The molecule has 2 aromatic rings. The predicted molar refractivity (Wildman–Crippen MR) is 93.5 cm³/mol. The second-order valence-corrected chi connectivity index (χ2v) is 6.22. The van der Waals surface area contributed by atoms with E-state index in [1.165, 1.54) is 0 Å². The molecule has 0 saturated carbocycles. The normalized spacial score (nSPS) is 13.8. The summed E-state index contributed by atoms with van der Waals surface area (Å²) < 4.78 is 0. The van der Waals surface area contributed by atoms with Crippen molar-refractivity contribution in [2.75, 3.05) is 18.4 Å². The van der Waals surface area contributed by atoms with Crippen LogP contribution in [0.25, 0.3) is 0 Å². The first-order valence-electron chi connectivity index (χ1n) is 7.88. The van der Waals surface area contributed by atoms with Crippen molar-refractivity contribution >= 4 is 29.1 Å². The number of carbonyl (C=O) groups excluding carboxylic acids is 2. The molecule has 1 N–H and O–H groups in total. The molecule has 1 fully saturated rings. The molecule has 1 aromatic carbocycles. The summed E-state index contributed by atoms with van der Waals surface area (Å²) >= 11 is 6.05. The topological polar surface area (TPSA) is 62.3 Å². The zero-order valence-electron chi connectivity index (χ0n) is 13.4. The fourth-order valence-corrected chi connectivity index (χ4v) is 2.98. The van der Waals surface area contributed by atoms with Crippen LogP contribution in [-0.4, -0.2) is 34.8 Å². The zero-order valence-corrected chi connectivity index (χ0v) is 14.1. The molecule has 2 heterocycles. The minimum Gasteiger partial charge on any atom is -0.339 e. The Hall–Kier alpha value is -2.40. The SMILES string of the molecule is Cc1ncccc1C(=O)Nc1cc(Cl)ccc1C(=O)N1CCCC1. The Labute approximate surface area is 145 Å². The van der Waals surface area contributed by atoms with Crippen LogP contribution in [0.2, 0.25) is 5.02 Å². The first-order valence-corrected chi connectivity index (χ1v) is 8.26. The highest BCUT2D eigenvalue weighted by Gasteiger charge is 2.23. The number of amides is 2. The molecular formula is C18H18ClN3O2. The maximum absolute atomic E-state index is 12.7. The van der Waals surface area contributed by atoms with E-state index in [0.29, 0.717) is 27.5 Å². The molecule has 1 aliphatic heterocycles. The van der Waals surface area contributed by atoms with Crippen molar-refractivity contribution in [2.24, 2.45) is 0 Å². The quantitative estimate of drug-likeness (QED) is 0.927. The molecule has 0 atom stereocenters. The van der Waals surface area contributed by atoms with Crippen molar-refractivity contribution < 1.29 is 9.59 Å². The van der Waals surface area contributed by atoms with Crippen molar-refractivity contribution in [1.82, 2.24) is 9.88 Å². The lowest BCUT2D eigenvalue weighted by Gasteiger charge is -2.18. The van der Waals surface area contributed by atoms with E-state index in [0.717, 1.165) is 25.9 Å². The van der Waals surface area contributed by atoms with Gasteiger partial charge in [0.1, 0.15) is 0 Å². The number of pyridine rings is 1. The Morgan fingerprint density at radius 3 is 2.62 bits per heavy atom. The van der Waals surface area contributed by atoms with E-state index >= 15 is 0 Å². The Morgan fingerprint density at radius 2 is 1.92 bits per heavy atom. The summed E-state index contributed by atoms with van der Waals surface area (Å²) in [4.78, 5) is 31.1. The van der Waals surface area contributed by atoms with E-state index in [2.05, 4.69) is 10.3 Å². The lowest BCUT2D eigenvalue weighted by atomic mass is 10.1. The largest absolute Gasteiger partial charge is 0.339 e. The standard InChI is InChI=1S/C18H18ClN3O2/c1-12-14(5-4-8-20-12)17(23)21-16-11-13(19)6-7-15(16)18(24)22-9-2-3-10-22/h4-8,11H,2-3,9-10H2,1H3,(H,21,23). The fraction of sp³-hybridized carbons (Fsp3) is 0.278. The highest BCUT2D eigenvalue weighted by Crippen LogP contribution is 2.25. The third kappa shape index (κ3) is 3.41. The molecule has 0 aliphatic carbocycles. The smallest absolute Gasteiger partial charge is 0.257 e. The maximum Gasteiger partial charge on any atom is 0.257 e. The van der Waals surface area contributed by atoms with Gasteiger partial charge in [-0.3, -0.25) is 14.6 Å². The van der Waals surface area contributed by atoms with Crippen LogP contribution in [0.15, 0.2) is 36.5 Å². The number of anilines is 1. The van der Waals surface area contributed by atoms with Gasteiger partial charge < -0.3 is 10.2 Å². The Bertz CT molecular complexity index is 786. The second-order valence-electron chi connectivity index (χ2n) is 5.78. The lowest BCUT2D eigenvalue weighted by molar-refractivity contribution is 0.0794. The van der Waals surface area contributed by atoms with Crippen LogP contribution in [0.5, 0.6) is 0 Å². The molecule has 1 aliphatic rings. The van der Waals surface area contributed by atoms with Gasteiger partial charge in [0.05, 0.1) is 16.8 Å². The van der Waals surface area contributed by atoms with Gasteiger partial charge in [-0.15, -0.1) is 0 Å². The minimum absolute atomic E-state index is 0.0811. The van der Waals surface area contributed by atoms with Crippen molar-refractivity contribution in [3.05, 3.63) is 58.4 Å². The van der Waals surface area contributed by atoms with Gasteiger partial charge in [-0.2, -0.15) is 0 Å². The van der Waals surface area contributed by atoms with Gasteiger partial charge >= 0.3 is 0 Å². The molecule has 124 valence electrons. The predicted octanol–water partition coefficient (Wildman–Crippen LogP) is 3.53. The van der Waals surface area contributed by atoms with Gasteiger partial charge in [-0.1, -0.05) is 11.6 Å². The Morgan fingerprint density at radius 1 is 1.17 bits per heavy atom. The zero-order chi connectivity index (χ0) is 17.1. The average molecular weight is 344 g/mol. The molecule has 5 nitrogen and oxygen atoms in total. The number of likely N-dealkylation sites (tertiary alicyclic amines) is 1. The number of nitrogens with one attached hydrogen (secondary N) is 1. The number of aromatic nitrogens is 1. The van der Waals surface area contributed by atoms with E-state index < -0.39 is 0 Å². The summed E-state index contributed by atoms with van der Waals surface area (Å²) in [5.41, 5.74) is 1.98. The number of halogens is 1. The first-order chi connectivity index (χ1) is 11.6. The van der Waals surface area contributed by atoms with Gasteiger partial charge in [0.25, 0.3) is 11.8 Å². The van der Waals surface area contributed by atoms with Crippen molar-refractivity contribution in [3.63, 3.8) is 0 Å². The lowest BCUT2D eigenvalue weighted by Crippen LogP contribution is -2.29. The third-order valence-electron chi connectivity index (χ3n) is 4.11. The Kier molecular flexibility index (Phi) is 4.81. The maximum atomic E-state index is 12.7. The van der Waals surface area contributed by atoms with Crippen LogP contribution in [-0.2, 0) is 0 Å². The van der Waals surface area contributed by atoms with Gasteiger partial charge in [-0.25, -0.2) is 0 Å². The van der Waals surface area contributed by atoms with E-state index in [-0.39, 0.29) is 11.8 Å². The third-order valence-corrected chi connectivity index (χ3v) is 4.34. The molecule has 3 rings (SSSR count). The monoisotopic (exact) mass is 343 g/mol. The molecule has 0 bridgehead atoms. The molecule has 2 amide bonds. The molecule has 0 unspecified atom stereocenters. The summed E-state index contributed by atoms with van der Waals surface area (Å²) in [7, 11) is 0. The van der Waals surface area contributed by atoms with Crippen LogP contribution in [0, 0.1) is 6.92 Å². The molecule has 1 aromatic heterocycles. The van der Waals surface area contributed by atoms with Crippen molar-refractivity contribution in [2.45, 2.75) is 19.8 Å². The molecular weight excluding hydrogens is 326 g/mol. The molecule has 1 saturated heterocycles. The average Bonchev–Trinajstić information content (AvgIpc) is 3.09. The van der Waals surface area contributed by atoms with Gasteiger partial charge in [0, 0.05) is 30.0 Å². The molecule has 0 spiro atoms. The number of rotatable bonds is 3. The van der Waals surface area contributed by atoms with Gasteiger partial charge in [0.15, 0.2) is 0 Å². The van der Waals surface area contributed by atoms with Crippen LogP contribution in [0.3, 0.4) is 0 Å². The van der Waals surface area contributed by atoms with E-state index in [1.807, 2.05) is 0 Å². The van der Waals surface area contributed by atoms with Crippen LogP contribution in [0.1, 0.15) is 39.3 Å². The number of hydrogen-bond acceptors (Lipinski definition) is 3. The summed E-state index contributed by atoms with van der Waals surface area (Å²) in [6, 6.07) is 8.33. The second kappa shape index (κ2) is 7.01. The fourth-order valence-electron chi connectivity index (χ4n) is 2.81. The Balaban J connectivity index is 1.89.